The summed E-state index contributed by atoms with van der Waals surface area (Å²) in [6.07, 6.45) is 9.03. The third-order valence-electron chi connectivity index (χ3n) is 8.21. The molecular formula is C23H34N2O. The predicted octanol–water partition coefficient (Wildman–Crippen LogP) is 3.41. The lowest BCUT2D eigenvalue weighted by atomic mass is 9.46. The van der Waals surface area contributed by atoms with Crippen molar-refractivity contribution in [1.29, 1.82) is 0 Å². The summed E-state index contributed by atoms with van der Waals surface area (Å²) in [6.45, 7) is 2.93. The van der Waals surface area contributed by atoms with E-state index in [1.165, 1.54) is 44.1 Å². The van der Waals surface area contributed by atoms with Gasteiger partial charge in [0.25, 0.3) is 0 Å². The summed E-state index contributed by atoms with van der Waals surface area (Å²) in [7, 11) is 0. The molecule has 4 bridgehead atoms. The number of benzene rings is 1. The first-order valence-electron chi connectivity index (χ1n) is 10.8. The maximum Gasteiger partial charge on any atom is 0.0607 e. The number of nitrogens with zero attached hydrogens (tertiary/aromatic N) is 1. The smallest absolute Gasteiger partial charge is 0.0607 e. The Morgan fingerprint density at radius 3 is 2.27 bits per heavy atom. The van der Waals surface area contributed by atoms with E-state index in [2.05, 4.69) is 35.2 Å². The maximum atomic E-state index is 10.8. The summed E-state index contributed by atoms with van der Waals surface area (Å²) in [5.74, 6) is 3.01. The Labute approximate surface area is 158 Å². The van der Waals surface area contributed by atoms with E-state index >= 15 is 0 Å². The number of rotatable bonds is 4. The summed E-state index contributed by atoms with van der Waals surface area (Å²) in [6, 6.07) is 10.9. The average Bonchev–Trinajstić information content (AvgIpc) is 2.62. The lowest BCUT2D eigenvalue weighted by Gasteiger charge is -2.60. The zero-order chi connectivity index (χ0) is 17.7. The highest BCUT2D eigenvalue weighted by Crippen LogP contribution is 2.62. The molecular weight excluding hydrogens is 320 g/mol. The van der Waals surface area contributed by atoms with Crippen LogP contribution >= 0.6 is 0 Å². The van der Waals surface area contributed by atoms with Crippen LogP contribution in [0.1, 0.15) is 50.5 Å². The van der Waals surface area contributed by atoms with Crippen LogP contribution in [0.25, 0.3) is 0 Å². The molecule has 1 aliphatic heterocycles. The highest BCUT2D eigenvalue weighted by Gasteiger charge is 2.55. The first kappa shape index (κ1) is 17.2. The van der Waals surface area contributed by atoms with Crippen molar-refractivity contribution in [3.05, 3.63) is 35.9 Å². The fraction of sp³-hybridized carbons (Fsp3) is 0.739. The fourth-order valence-electron chi connectivity index (χ4n) is 7.42. The van der Waals surface area contributed by atoms with Crippen LogP contribution in [0.15, 0.2) is 30.3 Å². The van der Waals surface area contributed by atoms with Crippen molar-refractivity contribution >= 4 is 0 Å². The second kappa shape index (κ2) is 6.61. The molecule has 5 aliphatic rings. The number of piperidine rings is 1. The zero-order valence-corrected chi connectivity index (χ0v) is 15.9. The lowest BCUT2D eigenvalue weighted by Crippen LogP contribution is -2.61. The van der Waals surface area contributed by atoms with E-state index in [-0.39, 0.29) is 18.1 Å². The van der Waals surface area contributed by atoms with Gasteiger partial charge < -0.3 is 10.8 Å². The van der Waals surface area contributed by atoms with E-state index < -0.39 is 0 Å². The van der Waals surface area contributed by atoms with Crippen LogP contribution in [0, 0.1) is 29.1 Å². The van der Waals surface area contributed by atoms with E-state index in [4.69, 9.17) is 5.73 Å². The van der Waals surface area contributed by atoms with Crippen molar-refractivity contribution in [1.82, 2.24) is 4.90 Å². The van der Waals surface area contributed by atoms with Gasteiger partial charge in [-0.15, -0.1) is 0 Å². The van der Waals surface area contributed by atoms with E-state index in [0.717, 1.165) is 43.8 Å². The Balaban J connectivity index is 1.31. The molecule has 4 aliphatic carbocycles. The molecule has 0 amide bonds. The highest BCUT2D eigenvalue weighted by molar-refractivity contribution is 5.15. The molecule has 1 heterocycles. The molecule has 3 nitrogen and oxygen atoms in total. The Morgan fingerprint density at radius 2 is 1.65 bits per heavy atom. The Kier molecular flexibility index (Phi) is 4.38. The van der Waals surface area contributed by atoms with Gasteiger partial charge in [0.2, 0.25) is 0 Å². The zero-order valence-electron chi connectivity index (χ0n) is 15.9. The molecule has 142 valence electrons. The first-order chi connectivity index (χ1) is 12.6. The van der Waals surface area contributed by atoms with E-state index in [9.17, 15) is 5.11 Å². The minimum atomic E-state index is -0.218. The summed E-state index contributed by atoms with van der Waals surface area (Å²) in [5.41, 5.74) is 8.70. The molecule has 3 atom stereocenters. The molecule has 26 heavy (non-hydrogen) atoms. The fourth-order valence-corrected chi connectivity index (χ4v) is 7.42. The first-order valence-corrected chi connectivity index (χ1v) is 10.8. The largest absolute Gasteiger partial charge is 0.393 e. The van der Waals surface area contributed by atoms with Gasteiger partial charge in [0.15, 0.2) is 0 Å². The summed E-state index contributed by atoms with van der Waals surface area (Å²) < 4.78 is 0. The summed E-state index contributed by atoms with van der Waals surface area (Å²) in [5, 5.41) is 10.8. The normalized spacial score (nSPS) is 43.5. The maximum absolute atomic E-state index is 10.8. The Bertz CT molecular complexity index is 595. The van der Waals surface area contributed by atoms with Gasteiger partial charge in [-0.2, -0.15) is 0 Å². The van der Waals surface area contributed by atoms with Crippen LogP contribution in [0.4, 0.5) is 0 Å². The number of aliphatic hydroxyl groups excluding tert-OH is 1. The minimum absolute atomic E-state index is 0.171. The number of nitrogens with two attached hydrogens (primary N) is 1. The van der Waals surface area contributed by atoms with E-state index in [1.54, 1.807) is 0 Å². The monoisotopic (exact) mass is 354 g/mol. The molecule has 3 heteroatoms. The summed E-state index contributed by atoms with van der Waals surface area (Å²) in [4.78, 5) is 2.52. The van der Waals surface area contributed by atoms with Crippen molar-refractivity contribution in [3.8, 4) is 0 Å². The topological polar surface area (TPSA) is 49.5 Å². The minimum Gasteiger partial charge on any atom is -0.393 e. The highest BCUT2D eigenvalue weighted by atomic mass is 16.3. The van der Waals surface area contributed by atoms with Gasteiger partial charge in [-0.3, -0.25) is 4.90 Å². The summed E-state index contributed by atoms with van der Waals surface area (Å²) >= 11 is 0. The van der Waals surface area contributed by atoms with Gasteiger partial charge in [-0.1, -0.05) is 30.3 Å². The predicted molar refractivity (Wildman–Crippen MR) is 104 cm³/mol. The lowest BCUT2D eigenvalue weighted by molar-refractivity contribution is -0.0995. The Morgan fingerprint density at radius 1 is 1.04 bits per heavy atom. The van der Waals surface area contributed by atoms with Gasteiger partial charge >= 0.3 is 0 Å². The molecule has 3 N–H and O–H groups in total. The third kappa shape index (κ3) is 3.02. The standard InChI is InChI=1S/C23H34N2O/c24-22(23-11-17-8-18(12-23)10-19(9-17)13-23)20-15-25(7-6-21(20)26)14-16-4-2-1-3-5-16/h1-5,17-22,26H,6-15,24H2/t17?,18?,19?,20-,21+,22?,23?/m0/s1. The SMILES string of the molecule is NC([C@H]1CN(Cc2ccccc2)CC[C@H]1O)C12CC3CC(CC(C3)C1)C2. The van der Waals surface area contributed by atoms with Crippen molar-refractivity contribution in [2.45, 2.75) is 63.6 Å². The molecule has 0 spiro atoms. The van der Waals surface area contributed by atoms with Crippen LogP contribution in [0.2, 0.25) is 0 Å². The van der Waals surface area contributed by atoms with Gasteiger partial charge in [0.1, 0.15) is 0 Å². The number of likely N-dealkylation sites (tertiary alicyclic amines) is 1. The quantitative estimate of drug-likeness (QED) is 0.871. The van der Waals surface area contributed by atoms with Crippen LogP contribution < -0.4 is 5.73 Å². The number of hydrogen-bond donors (Lipinski definition) is 2. The molecule has 1 aromatic rings. The molecule has 1 unspecified atom stereocenters. The molecule has 1 aromatic carbocycles. The van der Waals surface area contributed by atoms with Crippen LogP contribution in [0.3, 0.4) is 0 Å². The number of hydrogen-bond acceptors (Lipinski definition) is 3. The molecule has 5 fully saturated rings. The van der Waals surface area contributed by atoms with Crippen LogP contribution in [-0.2, 0) is 6.54 Å². The number of aliphatic hydroxyl groups is 1. The van der Waals surface area contributed by atoms with Crippen LogP contribution in [0.5, 0.6) is 0 Å². The van der Waals surface area contributed by atoms with Crippen molar-refractivity contribution in [3.63, 3.8) is 0 Å². The van der Waals surface area contributed by atoms with Crippen molar-refractivity contribution in [2.24, 2.45) is 34.8 Å². The van der Waals surface area contributed by atoms with Gasteiger partial charge in [-0.05, 0) is 73.7 Å². The third-order valence-corrected chi connectivity index (χ3v) is 8.21. The molecule has 1 saturated heterocycles. The van der Waals surface area contributed by atoms with E-state index in [1.807, 2.05) is 0 Å². The van der Waals surface area contributed by atoms with Gasteiger partial charge in [-0.25, -0.2) is 0 Å². The second-order valence-electron chi connectivity index (χ2n) is 10.0. The Hall–Kier alpha value is -0.900. The van der Waals surface area contributed by atoms with E-state index in [0.29, 0.717) is 5.41 Å². The molecule has 4 saturated carbocycles. The van der Waals surface area contributed by atoms with Gasteiger partial charge in [0, 0.05) is 31.6 Å². The molecule has 0 radical (unpaired) electrons. The second-order valence-corrected chi connectivity index (χ2v) is 10.0. The van der Waals surface area contributed by atoms with Crippen LogP contribution in [-0.4, -0.2) is 35.2 Å². The average molecular weight is 355 g/mol. The van der Waals surface area contributed by atoms with Gasteiger partial charge in [0.05, 0.1) is 6.10 Å². The molecule has 6 rings (SSSR count). The van der Waals surface area contributed by atoms with Crippen molar-refractivity contribution in [2.75, 3.05) is 13.1 Å². The van der Waals surface area contributed by atoms with Crippen molar-refractivity contribution < 1.29 is 5.11 Å². The molecule has 0 aromatic heterocycles.